The van der Waals surface area contributed by atoms with Gasteiger partial charge in [0.15, 0.2) is 0 Å². The van der Waals surface area contributed by atoms with Crippen LogP contribution in [0.4, 0.5) is 5.69 Å². The fourth-order valence-electron chi connectivity index (χ4n) is 2.73. The largest absolute Gasteiger partial charge is 0.369 e. The molecule has 0 aliphatic carbocycles. The van der Waals surface area contributed by atoms with Crippen molar-refractivity contribution in [1.82, 2.24) is 4.31 Å². The van der Waals surface area contributed by atoms with E-state index in [1.165, 1.54) is 4.31 Å². The molecule has 0 spiro atoms. The number of rotatable bonds is 5. The van der Waals surface area contributed by atoms with E-state index in [2.05, 4.69) is 9.98 Å². The van der Waals surface area contributed by atoms with Gasteiger partial charge in [0, 0.05) is 18.8 Å². The summed E-state index contributed by atoms with van der Waals surface area (Å²) in [6, 6.07) is 6.51. The summed E-state index contributed by atoms with van der Waals surface area (Å²) >= 11 is 0. The van der Waals surface area contributed by atoms with Crippen LogP contribution in [-0.2, 0) is 10.0 Å². The molecule has 8 nitrogen and oxygen atoms in total. The van der Waals surface area contributed by atoms with Crippen molar-refractivity contribution in [2.24, 2.45) is 21.5 Å². The number of nitrogens with two attached hydrogens (primary N) is 2. The molecule has 2 rings (SSSR count). The molecule has 1 aliphatic rings. The third kappa shape index (κ3) is 3.22. The van der Waals surface area contributed by atoms with Crippen molar-refractivity contribution in [3.8, 4) is 0 Å². The van der Waals surface area contributed by atoms with Crippen LogP contribution in [0.15, 0.2) is 39.1 Å². The summed E-state index contributed by atoms with van der Waals surface area (Å²) in [6.45, 7) is 8.17. The number of benzene rings is 1. The van der Waals surface area contributed by atoms with E-state index in [0.717, 1.165) is 0 Å². The lowest BCUT2D eigenvalue weighted by Gasteiger charge is -2.38. The molecule has 0 bridgehead atoms. The Balaban J connectivity index is 2.39. The van der Waals surface area contributed by atoms with Gasteiger partial charge in [-0.3, -0.25) is 4.90 Å². The number of guanidine groups is 2. The van der Waals surface area contributed by atoms with Gasteiger partial charge in [0.05, 0.1) is 4.90 Å². The molecule has 1 aromatic rings. The smallest absolute Gasteiger partial charge is 0.243 e. The van der Waals surface area contributed by atoms with Gasteiger partial charge >= 0.3 is 0 Å². The molecular weight excluding hydrogens is 328 g/mol. The molecule has 0 saturated heterocycles. The van der Waals surface area contributed by atoms with E-state index in [9.17, 15) is 8.42 Å². The molecular formula is C15H24N6O2S. The zero-order valence-corrected chi connectivity index (χ0v) is 15.2. The Morgan fingerprint density at radius 1 is 1.12 bits per heavy atom. The van der Waals surface area contributed by atoms with Crippen LogP contribution in [0, 0.1) is 0 Å². The minimum atomic E-state index is -3.49. The SMILES string of the molecule is CCN(CC)S(=O)(=O)c1ccc(N2C(N)=NC(N)=NC2(C)C)cc1. The summed E-state index contributed by atoms with van der Waals surface area (Å²) in [5.41, 5.74) is 11.6. The zero-order chi connectivity index (χ0) is 18.1. The van der Waals surface area contributed by atoms with Gasteiger partial charge in [0.1, 0.15) is 5.66 Å². The highest BCUT2D eigenvalue weighted by molar-refractivity contribution is 7.89. The first-order chi connectivity index (χ1) is 11.1. The average molecular weight is 352 g/mol. The Bertz CT molecular complexity index is 764. The third-order valence-corrected chi connectivity index (χ3v) is 5.90. The number of sulfonamides is 1. The van der Waals surface area contributed by atoms with E-state index in [1.807, 2.05) is 27.7 Å². The van der Waals surface area contributed by atoms with Crippen LogP contribution >= 0.6 is 0 Å². The maximum Gasteiger partial charge on any atom is 0.243 e. The van der Waals surface area contributed by atoms with Crippen LogP contribution in [0.2, 0.25) is 0 Å². The zero-order valence-electron chi connectivity index (χ0n) is 14.4. The number of nitrogens with zero attached hydrogens (tertiary/aromatic N) is 4. The molecule has 132 valence electrons. The first-order valence-electron chi connectivity index (χ1n) is 7.73. The number of hydrogen-bond donors (Lipinski definition) is 2. The van der Waals surface area contributed by atoms with Crippen LogP contribution in [0.1, 0.15) is 27.7 Å². The van der Waals surface area contributed by atoms with Gasteiger partial charge in [-0.1, -0.05) is 13.8 Å². The van der Waals surface area contributed by atoms with Gasteiger partial charge in [0.25, 0.3) is 0 Å². The van der Waals surface area contributed by atoms with Crippen molar-refractivity contribution < 1.29 is 8.42 Å². The monoisotopic (exact) mass is 352 g/mol. The van der Waals surface area contributed by atoms with Crippen molar-refractivity contribution >= 4 is 27.6 Å². The average Bonchev–Trinajstić information content (AvgIpc) is 2.46. The second kappa shape index (κ2) is 6.40. The van der Waals surface area contributed by atoms with Gasteiger partial charge in [-0.05, 0) is 38.1 Å². The predicted octanol–water partition coefficient (Wildman–Crippen LogP) is 0.903. The molecule has 0 fully saturated rings. The lowest BCUT2D eigenvalue weighted by Crippen LogP contribution is -2.54. The van der Waals surface area contributed by atoms with Crippen molar-refractivity contribution in [1.29, 1.82) is 0 Å². The molecule has 9 heteroatoms. The van der Waals surface area contributed by atoms with Crippen molar-refractivity contribution in [2.45, 2.75) is 38.3 Å². The minimum Gasteiger partial charge on any atom is -0.369 e. The molecule has 0 aromatic heterocycles. The quantitative estimate of drug-likeness (QED) is 0.816. The van der Waals surface area contributed by atoms with E-state index in [-0.39, 0.29) is 16.8 Å². The van der Waals surface area contributed by atoms with Crippen LogP contribution < -0.4 is 16.4 Å². The molecule has 0 radical (unpaired) electrons. The van der Waals surface area contributed by atoms with Gasteiger partial charge < -0.3 is 11.5 Å². The van der Waals surface area contributed by atoms with E-state index in [1.54, 1.807) is 29.2 Å². The molecule has 0 amide bonds. The fraction of sp³-hybridized carbons (Fsp3) is 0.467. The molecule has 24 heavy (non-hydrogen) atoms. The van der Waals surface area contributed by atoms with Gasteiger partial charge in [-0.2, -0.15) is 9.30 Å². The highest BCUT2D eigenvalue weighted by atomic mass is 32.2. The normalized spacial score (nSPS) is 17.6. The number of hydrogen-bond acceptors (Lipinski definition) is 7. The Kier molecular flexibility index (Phi) is 4.86. The second-order valence-corrected chi connectivity index (χ2v) is 7.79. The van der Waals surface area contributed by atoms with Crippen LogP contribution in [0.3, 0.4) is 0 Å². The van der Waals surface area contributed by atoms with Crippen molar-refractivity contribution in [2.75, 3.05) is 18.0 Å². The molecule has 1 heterocycles. The summed E-state index contributed by atoms with van der Waals surface area (Å²) in [7, 11) is -3.49. The van der Waals surface area contributed by atoms with Crippen LogP contribution in [0.25, 0.3) is 0 Å². The first-order valence-corrected chi connectivity index (χ1v) is 9.17. The highest BCUT2D eigenvalue weighted by Crippen LogP contribution is 2.28. The van der Waals surface area contributed by atoms with E-state index >= 15 is 0 Å². The Morgan fingerprint density at radius 2 is 1.67 bits per heavy atom. The maximum absolute atomic E-state index is 12.5. The summed E-state index contributed by atoms with van der Waals surface area (Å²) in [5, 5.41) is 0. The second-order valence-electron chi connectivity index (χ2n) is 5.85. The first kappa shape index (κ1) is 18.2. The van der Waals surface area contributed by atoms with E-state index in [0.29, 0.717) is 18.8 Å². The fourth-order valence-corrected chi connectivity index (χ4v) is 4.19. The molecule has 1 aromatic carbocycles. The van der Waals surface area contributed by atoms with Gasteiger partial charge in [-0.25, -0.2) is 13.4 Å². The minimum absolute atomic E-state index is 0.120. The number of anilines is 1. The van der Waals surface area contributed by atoms with Crippen LogP contribution in [0.5, 0.6) is 0 Å². The molecule has 1 aliphatic heterocycles. The van der Waals surface area contributed by atoms with Crippen molar-refractivity contribution in [3.63, 3.8) is 0 Å². The summed E-state index contributed by atoms with van der Waals surface area (Å²) < 4.78 is 26.5. The standard InChI is InChI=1S/C15H24N6O2S/c1-5-20(6-2)24(22,23)12-9-7-11(8-10-12)21-14(17)18-13(16)19-15(21,3)4/h7-10H,5-6H2,1-4H3,(H4,16,17,18,19). The van der Waals surface area contributed by atoms with Gasteiger partial charge in [0.2, 0.25) is 21.9 Å². The summed E-state index contributed by atoms with van der Waals surface area (Å²) in [5.74, 6) is 0.335. The van der Waals surface area contributed by atoms with Crippen molar-refractivity contribution in [3.05, 3.63) is 24.3 Å². The maximum atomic E-state index is 12.5. The third-order valence-electron chi connectivity index (χ3n) is 3.83. The molecule has 0 atom stereocenters. The Hall–Kier alpha value is -2.13. The molecule has 0 unspecified atom stereocenters. The lowest BCUT2D eigenvalue weighted by atomic mass is 10.1. The molecule has 4 N–H and O–H groups in total. The Morgan fingerprint density at radius 3 is 2.12 bits per heavy atom. The highest BCUT2D eigenvalue weighted by Gasteiger charge is 2.33. The number of aliphatic imine (C=N–C) groups is 2. The van der Waals surface area contributed by atoms with E-state index in [4.69, 9.17) is 11.5 Å². The van der Waals surface area contributed by atoms with Gasteiger partial charge in [-0.15, -0.1) is 0 Å². The van der Waals surface area contributed by atoms with Crippen LogP contribution in [-0.4, -0.2) is 43.4 Å². The topological polar surface area (TPSA) is 117 Å². The summed E-state index contributed by atoms with van der Waals surface area (Å²) in [4.78, 5) is 10.2. The lowest BCUT2D eigenvalue weighted by molar-refractivity contribution is 0.445. The molecule has 0 saturated carbocycles. The predicted molar refractivity (Wildman–Crippen MR) is 96.4 cm³/mol. The van der Waals surface area contributed by atoms with E-state index < -0.39 is 15.7 Å². The Labute approximate surface area is 142 Å². The summed E-state index contributed by atoms with van der Waals surface area (Å²) in [6.07, 6.45) is 0.